The van der Waals surface area contributed by atoms with Crippen LogP contribution in [0.1, 0.15) is 12.5 Å². The van der Waals surface area contributed by atoms with Crippen molar-refractivity contribution in [2.75, 3.05) is 18.8 Å². The fourth-order valence-corrected chi connectivity index (χ4v) is 2.94. The van der Waals surface area contributed by atoms with E-state index in [2.05, 4.69) is 21.1 Å². The smallest absolute Gasteiger partial charge is 0.212 e. The third-order valence-corrected chi connectivity index (χ3v) is 4.33. The highest BCUT2D eigenvalue weighted by Crippen LogP contribution is 2.13. The molecule has 0 aliphatic rings. The van der Waals surface area contributed by atoms with Gasteiger partial charge < -0.3 is 10.3 Å². The van der Waals surface area contributed by atoms with Crippen molar-refractivity contribution in [3.63, 3.8) is 0 Å². The molecular weight excluding hydrogens is 262 g/mol. The summed E-state index contributed by atoms with van der Waals surface area (Å²) in [5.74, 6) is 0.104. The molecule has 0 saturated heterocycles. The minimum Gasteiger partial charge on any atom is -0.361 e. The van der Waals surface area contributed by atoms with E-state index in [0.717, 1.165) is 11.1 Å². The monoisotopic (exact) mass is 281 g/mol. The van der Waals surface area contributed by atoms with Crippen LogP contribution in [-0.2, 0) is 16.6 Å². The summed E-state index contributed by atoms with van der Waals surface area (Å²) in [7, 11) is -3.13. The number of aromatic nitrogens is 1. The van der Waals surface area contributed by atoms with Gasteiger partial charge in [0.15, 0.2) is 0 Å². The third kappa shape index (κ3) is 4.05. The number of hydrogen-bond donors (Lipinski definition) is 3. The number of nitrogens with one attached hydrogen (secondary N) is 3. The molecule has 1 heterocycles. The van der Waals surface area contributed by atoms with Crippen LogP contribution in [0.5, 0.6) is 0 Å². The first-order valence-corrected chi connectivity index (χ1v) is 8.00. The van der Waals surface area contributed by atoms with Gasteiger partial charge in [-0.05, 0) is 29.1 Å². The Hall–Kier alpha value is -1.37. The number of H-pyrrole nitrogens is 1. The lowest BCUT2D eigenvalue weighted by molar-refractivity contribution is 0.579. The Kier molecular flexibility index (Phi) is 4.57. The molecule has 0 fully saturated rings. The maximum absolute atomic E-state index is 11.4. The Morgan fingerprint density at radius 1 is 1.26 bits per heavy atom. The Labute approximate surface area is 113 Å². The van der Waals surface area contributed by atoms with Crippen molar-refractivity contribution in [1.29, 1.82) is 0 Å². The summed E-state index contributed by atoms with van der Waals surface area (Å²) in [6, 6.07) is 8.18. The molecule has 0 atom stereocenters. The van der Waals surface area contributed by atoms with Gasteiger partial charge in [-0.2, -0.15) is 0 Å². The molecule has 5 nitrogen and oxygen atoms in total. The zero-order chi connectivity index (χ0) is 13.7. The third-order valence-electron chi connectivity index (χ3n) is 2.86. The summed E-state index contributed by atoms with van der Waals surface area (Å²) in [5.41, 5.74) is 2.26. The predicted octanol–water partition coefficient (Wildman–Crippen LogP) is 1.20. The first-order chi connectivity index (χ1) is 9.11. The second-order valence-corrected chi connectivity index (χ2v) is 6.32. The fourth-order valence-electron chi connectivity index (χ4n) is 1.94. The molecule has 104 valence electrons. The van der Waals surface area contributed by atoms with E-state index in [4.69, 9.17) is 0 Å². The van der Waals surface area contributed by atoms with Gasteiger partial charge in [0.25, 0.3) is 0 Å². The van der Waals surface area contributed by atoms with Crippen molar-refractivity contribution in [3.05, 3.63) is 36.0 Å². The van der Waals surface area contributed by atoms with E-state index in [0.29, 0.717) is 19.6 Å². The summed E-state index contributed by atoms with van der Waals surface area (Å²) in [4.78, 5) is 3.14. The fraction of sp³-hybridized carbons (Fsp3) is 0.385. The minimum atomic E-state index is -3.13. The number of benzene rings is 1. The second-order valence-electron chi connectivity index (χ2n) is 4.39. The number of rotatable bonds is 7. The Bertz CT molecular complexity index is 634. The van der Waals surface area contributed by atoms with E-state index in [1.807, 2.05) is 24.4 Å². The first kappa shape index (κ1) is 14.0. The van der Waals surface area contributed by atoms with Crippen molar-refractivity contribution < 1.29 is 8.42 Å². The molecule has 2 aromatic rings. The standard InChI is InChI=1S/C13H19N3O2S/c1-2-16-19(17,18)8-7-14-10-11-3-4-13-12(9-11)5-6-15-13/h3-6,9,14-16H,2,7-8,10H2,1H3. The molecule has 0 saturated carbocycles. The van der Waals surface area contributed by atoms with Gasteiger partial charge in [-0.15, -0.1) is 0 Å². The first-order valence-electron chi connectivity index (χ1n) is 6.35. The molecule has 0 spiro atoms. The molecule has 0 bridgehead atoms. The molecule has 1 aromatic heterocycles. The highest BCUT2D eigenvalue weighted by atomic mass is 32.2. The van der Waals surface area contributed by atoms with Gasteiger partial charge in [0.1, 0.15) is 0 Å². The quantitative estimate of drug-likeness (QED) is 0.668. The zero-order valence-electron chi connectivity index (χ0n) is 10.9. The van der Waals surface area contributed by atoms with E-state index in [-0.39, 0.29) is 5.75 Å². The van der Waals surface area contributed by atoms with Crippen molar-refractivity contribution >= 4 is 20.9 Å². The second kappa shape index (κ2) is 6.18. The zero-order valence-corrected chi connectivity index (χ0v) is 11.8. The van der Waals surface area contributed by atoms with Crippen LogP contribution in [0, 0.1) is 0 Å². The molecule has 0 unspecified atom stereocenters. The Morgan fingerprint density at radius 2 is 2.11 bits per heavy atom. The van der Waals surface area contributed by atoms with Crippen molar-refractivity contribution in [2.24, 2.45) is 0 Å². The lowest BCUT2D eigenvalue weighted by Crippen LogP contribution is -2.31. The highest BCUT2D eigenvalue weighted by Gasteiger charge is 2.07. The van der Waals surface area contributed by atoms with Gasteiger partial charge in [0.05, 0.1) is 5.75 Å². The van der Waals surface area contributed by atoms with Crippen LogP contribution < -0.4 is 10.0 Å². The molecular formula is C13H19N3O2S. The van der Waals surface area contributed by atoms with Crippen LogP contribution in [0.25, 0.3) is 10.9 Å². The van der Waals surface area contributed by atoms with Crippen molar-refractivity contribution in [1.82, 2.24) is 15.0 Å². The van der Waals surface area contributed by atoms with Crippen molar-refractivity contribution in [3.8, 4) is 0 Å². The van der Waals surface area contributed by atoms with E-state index < -0.39 is 10.0 Å². The summed E-state index contributed by atoms with van der Waals surface area (Å²) >= 11 is 0. The topological polar surface area (TPSA) is 74.0 Å². The maximum Gasteiger partial charge on any atom is 0.212 e. The van der Waals surface area contributed by atoms with Crippen LogP contribution in [0.3, 0.4) is 0 Å². The Morgan fingerprint density at radius 3 is 2.89 bits per heavy atom. The molecule has 0 radical (unpaired) electrons. The van der Waals surface area contributed by atoms with Crippen LogP contribution in [0.15, 0.2) is 30.5 Å². The number of aromatic amines is 1. The van der Waals surface area contributed by atoms with Gasteiger partial charge in [0, 0.05) is 31.3 Å². The summed E-state index contributed by atoms with van der Waals surface area (Å²) in [6.07, 6.45) is 1.91. The maximum atomic E-state index is 11.4. The molecule has 0 aliphatic carbocycles. The van der Waals surface area contributed by atoms with Crippen LogP contribution in [0.2, 0.25) is 0 Å². The lowest BCUT2D eigenvalue weighted by atomic mass is 10.1. The minimum absolute atomic E-state index is 0.104. The summed E-state index contributed by atoms with van der Waals surface area (Å²) < 4.78 is 25.3. The molecule has 19 heavy (non-hydrogen) atoms. The predicted molar refractivity (Wildman–Crippen MR) is 77.5 cm³/mol. The summed E-state index contributed by atoms with van der Waals surface area (Å²) in [5, 5.41) is 4.31. The number of hydrogen-bond acceptors (Lipinski definition) is 3. The molecule has 1 aromatic carbocycles. The lowest BCUT2D eigenvalue weighted by Gasteiger charge is -2.06. The Balaban J connectivity index is 1.82. The molecule has 0 aliphatic heterocycles. The van der Waals surface area contributed by atoms with Gasteiger partial charge in [0.2, 0.25) is 10.0 Å². The molecule has 3 N–H and O–H groups in total. The average molecular weight is 281 g/mol. The van der Waals surface area contributed by atoms with Gasteiger partial charge in [-0.25, -0.2) is 13.1 Å². The molecule has 6 heteroatoms. The molecule has 0 amide bonds. The average Bonchev–Trinajstić information content (AvgIpc) is 2.82. The van der Waals surface area contributed by atoms with Crippen molar-refractivity contribution in [2.45, 2.75) is 13.5 Å². The van der Waals surface area contributed by atoms with Crippen LogP contribution in [0.4, 0.5) is 0 Å². The van der Waals surface area contributed by atoms with Crippen LogP contribution in [-0.4, -0.2) is 32.2 Å². The van der Waals surface area contributed by atoms with E-state index in [1.54, 1.807) is 6.92 Å². The highest BCUT2D eigenvalue weighted by molar-refractivity contribution is 7.89. The van der Waals surface area contributed by atoms with E-state index in [9.17, 15) is 8.42 Å². The SMILES string of the molecule is CCNS(=O)(=O)CCNCc1ccc2[nH]ccc2c1. The number of fused-ring (bicyclic) bond motifs is 1. The van der Waals surface area contributed by atoms with Gasteiger partial charge >= 0.3 is 0 Å². The number of sulfonamides is 1. The summed E-state index contributed by atoms with van der Waals surface area (Å²) in [6.45, 7) is 3.33. The van der Waals surface area contributed by atoms with E-state index >= 15 is 0 Å². The van der Waals surface area contributed by atoms with Gasteiger partial charge in [-0.3, -0.25) is 0 Å². The van der Waals surface area contributed by atoms with Gasteiger partial charge in [-0.1, -0.05) is 13.0 Å². The normalized spacial score (nSPS) is 12.1. The largest absolute Gasteiger partial charge is 0.361 e. The van der Waals surface area contributed by atoms with E-state index in [1.165, 1.54) is 5.39 Å². The van der Waals surface area contributed by atoms with Crippen LogP contribution >= 0.6 is 0 Å². The molecule has 2 rings (SSSR count).